The van der Waals surface area contributed by atoms with Crippen molar-refractivity contribution in [2.45, 2.75) is 25.8 Å². The van der Waals surface area contributed by atoms with Gasteiger partial charge in [-0.2, -0.15) is 10.2 Å². The summed E-state index contributed by atoms with van der Waals surface area (Å²) in [7, 11) is 0. The molecule has 0 fully saturated rings. The maximum Gasteiger partial charge on any atom is 0.0726 e. The molecular weight excluding hydrogens is 224 g/mol. The van der Waals surface area contributed by atoms with Crippen LogP contribution in [-0.2, 0) is 6.42 Å². The van der Waals surface area contributed by atoms with Gasteiger partial charge in [-0.25, -0.2) is 5.43 Å². The molecule has 1 atom stereocenters. The third-order valence-corrected chi connectivity index (χ3v) is 2.93. The molecule has 2 aromatic rings. The first-order valence-electron chi connectivity index (χ1n) is 6.16. The fourth-order valence-corrected chi connectivity index (χ4v) is 2.07. The Balaban J connectivity index is 2.30. The van der Waals surface area contributed by atoms with Gasteiger partial charge in [0, 0.05) is 6.20 Å². The molecule has 3 N–H and O–H groups in total. The minimum Gasteiger partial charge on any atom is -0.271 e. The van der Waals surface area contributed by atoms with E-state index >= 15 is 0 Å². The van der Waals surface area contributed by atoms with Gasteiger partial charge >= 0.3 is 0 Å². The van der Waals surface area contributed by atoms with Gasteiger partial charge in [-0.1, -0.05) is 37.6 Å². The topological polar surface area (TPSA) is 63.8 Å². The molecule has 0 amide bonds. The van der Waals surface area contributed by atoms with E-state index in [9.17, 15) is 0 Å². The SMILES string of the molecule is CCCc1cccc(C(NN)c2ccnnc2)c1. The van der Waals surface area contributed by atoms with Gasteiger partial charge in [-0.3, -0.25) is 5.84 Å². The number of nitrogens with one attached hydrogen (secondary N) is 1. The summed E-state index contributed by atoms with van der Waals surface area (Å²) >= 11 is 0. The third kappa shape index (κ3) is 2.91. The van der Waals surface area contributed by atoms with E-state index in [4.69, 9.17) is 5.84 Å². The highest BCUT2D eigenvalue weighted by atomic mass is 15.2. The fourth-order valence-electron chi connectivity index (χ4n) is 2.07. The first-order chi connectivity index (χ1) is 8.85. The number of rotatable bonds is 5. The highest BCUT2D eigenvalue weighted by Crippen LogP contribution is 2.21. The summed E-state index contributed by atoms with van der Waals surface area (Å²) in [5, 5.41) is 7.68. The van der Waals surface area contributed by atoms with Gasteiger partial charge in [0.05, 0.1) is 12.2 Å². The van der Waals surface area contributed by atoms with Crippen LogP contribution < -0.4 is 11.3 Å². The maximum atomic E-state index is 5.66. The normalized spacial score (nSPS) is 12.3. The molecule has 4 nitrogen and oxygen atoms in total. The average molecular weight is 242 g/mol. The van der Waals surface area contributed by atoms with E-state index in [1.807, 2.05) is 6.07 Å². The standard InChI is InChI=1S/C14H18N4/c1-2-4-11-5-3-6-12(9-11)14(18-15)13-7-8-16-17-10-13/h3,5-10,14,18H,2,4,15H2,1H3. The van der Waals surface area contributed by atoms with E-state index in [0.29, 0.717) is 0 Å². The number of hydrazine groups is 1. The van der Waals surface area contributed by atoms with E-state index < -0.39 is 0 Å². The quantitative estimate of drug-likeness (QED) is 0.621. The van der Waals surface area contributed by atoms with Crippen molar-refractivity contribution in [2.24, 2.45) is 5.84 Å². The molecule has 94 valence electrons. The second-order valence-electron chi connectivity index (χ2n) is 4.27. The lowest BCUT2D eigenvalue weighted by Crippen LogP contribution is -2.29. The first kappa shape index (κ1) is 12.7. The van der Waals surface area contributed by atoms with Crippen LogP contribution in [0.2, 0.25) is 0 Å². The Bertz CT molecular complexity index is 484. The van der Waals surface area contributed by atoms with Crippen LogP contribution in [0.15, 0.2) is 42.7 Å². The molecule has 4 heteroatoms. The minimum absolute atomic E-state index is 0.0442. The molecule has 1 aromatic carbocycles. The number of nitrogens with zero attached hydrogens (tertiary/aromatic N) is 2. The highest BCUT2D eigenvalue weighted by molar-refractivity contribution is 5.32. The predicted octanol–water partition coefficient (Wildman–Crippen LogP) is 1.98. The minimum atomic E-state index is -0.0442. The van der Waals surface area contributed by atoms with Gasteiger partial charge in [0.2, 0.25) is 0 Å². The zero-order valence-corrected chi connectivity index (χ0v) is 10.5. The molecule has 0 spiro atoms. The largest absolute Gasteiger partial charge is 0.271 e. The lowest BCUT2D eigenvalue weighted by atomic mass is 9.98. The van der Waals surface area contributed by atoms with Crippen LogP contribution in [0.3, 0.4) is 0 Å². The second kappa shape index (κ2) is 6.23. The van der Waals surface area contributed by atoms with Crippen LogP contribution in [0.4, 0.5) is 0 Å². The molecule has 0 bridgehead atoms. The molecule has 0 aliphatic rings. The number of hydrogen-bond donors (Lipinski definition) is 2. The zero-order chi connectivity index (χ0) is 12.8. The van der Waals surface area contributed by atoms with Crippen LogP contribution in [0.5, 0.6) is 0 Å². The molecular formula is C14H18N4. The molecule has 0 saturated carbocycles. The summed E-state index contributed by atoms with van der Waals surface area (Å²) < 4.78 is 0. The molecule has 0 radical (unpaired) electrons. The number of aromatic nitrogens is 2. The van der Waals surface area contributed by atoms with Gasteiger partial charge in [0.1, 0.15) is 0 Å². The molecule has 2 rings (SSSR count). The monoisotopic (exact) mass is 242 g/mol. The van der Waals surface area contributed by atoms with Crippen LogP contribution in [0.1, 0.15) is 36.1 Å². The Morgan fingerprint density at radius 3 is 2.78 bits per heavy atom. The van der Waals surface area contributed by atoms with Gasteiger partial charge < -0.3 is 0 Å². The second-order valence-corrected chi connectivity index (χ2v) is 4.27. The summed E-state index contributed by atoms with van der Waals surface area (Å²) in [6, 6.07) is 10.4. The van der Waals surface area contributed by atoms with E-state index in [0.717, 1.165) is 24.0 Å². The molecule has 1 unspecified atom stereocenters. The first-order valence-corrected chi connectivity index (χ1v) is 6.16. The van der Waals surface area contributed by atoms with Crippen molar-refractivity contribution in [2.75, 3.05) is 0 Å². The van der Waals surface area contributed by atoms with Gasteiger partial charge in [-0.15, -0.1) is 0 Å². The van der Waals surface area contributed by atoms with Crippen LogP contribution in [-0.4, -0.2) is 10.2 Å². The Morgan fingerprint density at radius 1 is 1.22 bits per heavy atom. The summed E-state index contributed by atoms with van der Waals surface area (Å²) in [5.74, 6) is 5.66. The maximum absolute atomic E-state index is 5.66. The van der Waals surface area contributed by atoms with Gasteiger partial charge in [0.25, 0.3) is 0 Å². The fraction of sp³-hybridized carbons (Fsp3) is 0.286. The van der Waals surface area contributed by atoms with Crippen LogP contribution in [0.25, 0.3) is 0 Å². The van der Waals surface area contributed by atoms with Crippen LogP contribution in [0, 0.1) is 0 Å². The van der Waals surface area contributed by atoms with Crippen molar-refractivity contribution in [3.05, 3.63) is 59.4 Å². The zero-order valence-electron chi connectivity index (χ0n) is 10.5. The van der Waals surface area contributed by atoms with Crippen LogP contribution >= 0.6 is 0 Å². The number of benzene rings is 1. The van der Waals surface area contributed by atoms with Gasteiger partial charge in [-0.05, 0) is 29.2 Å². The molecule has 0 aliphatic heterocycles. The highest BCUT2D eigenvalue weighted by Gasteiger charge is 2.12. The summed E-state index contributed by atoms with van der Waals surface area (Å²) in [6.45, 7) is 2.18. The predicted molar refractivity (Wildman–Crippen MR) is 71.6 cm³/mol. The lowest BCUT2D eigenvalue weighted by molar-refractivity contribution is 0.631. The number of hydrogen-bond acceptors (Lipinski definition) is 4. The van der Waals surface area contributed by atoms with E-state index in [1.54, 1.807) is 12.4 Å². The molecule has 0 saturated heterocycles. The number of aryl methyl sites for hydroxylation is 1. The summed E-state index contributed by atoms with van der Waals surface area (Å²) in [5.41, 5.74) is 6.33. The Morgan fingerprint density at radius 2 is 2.11 bits per heavy atom. The third-order valence-electron chi connectivity index (χ3n) is 2.93. The number of nitrogens with two attached hydrogens (primary N) is 1. The van der Waals surface area contributed by atoms with Gasteiger partial charge in [0.15, 0.2) is 0 Å². The Labute approximate surface area is 107 Å². The molecule has 1 heterocycles. The van der Waals surface area contributed by atoms with Crippen molar-refractivity contribution in [1.82, 2.24) is 15.6 Å². The Hall–Kier alpha value is -1.78. The van der Waals surface area contributed by atoms with Crippen molar-refractivity contribution in [3.8, 4) is 0 Å². The van der Waals surface area contributed by atoms with Crippen molar-refractivity contribution in [1.29, 1.82) is 0 Å². The van der Waals surface area contributed by atoms with Crippen molar-refractivity contribution < 1.29 is 0 Å². The van der Waals surface area contributed by atoms with Crippen molar-refractivity contribution in [3.63, 3.8) is 0 Å². The molecule has 1 aromatic heterocycles. The van der Waals surface area contributed by atoms with E-state index in [1.165, 1.54) is 5.56 Å². The van der Waals surface area contributed by atoms with Crippen molar-refractivity contribution >= 4 is 0 Å². The average Bonchev–Trinajstić information content (AvgIpc) is 2.42. The smallest absolute Gasteiger partial charge is 0.0726 e. The molecule has 0 aliphatic carbocycles. The van der Waals surface area contributed by atoms with E-state index in [2.05, 4.69) is 46.8 Å². The summed E-state index contributed by atoms with van der Waals surface area (Å²) in [6.07, 6.45) is 5.63. The van der Waals surface area contributed by atoms with E-state index in [-0.39, 0.29) is 6.04 Å². The molecule has 18 heavy (non-hydrogen) atoms. The Kier molecular flexibility index (Phi) is 4.39. The summed E-state index contributed by atoms with van der Waals surface area (Å²) in [4.78, 5) is 0. The lowest BCUT2D eigenvalue weighted by Gasteiger charge is -2.17.